The normalized spacial score (nSPS) is 11.2. The van der Waals surface area contributed by atoms with Crippen LogP contribution < -0.4 is 0 Å². The molecule has 4 heteroatoms. The number of fused-ring (bicyclic) bond motifs is 3. The van der Waals surface area contributed by atoms with Gasteiger partial charge in [-0.25, -0.2) is 15.0 Å². The lowest BCUT2D eigenvalue weighted by atomic mass is 9.97. The zero-order valence-corrected chi connectivity index (χ0v) is 19.9. The first-order valence-electron chi connectivity index (χ1n) is 12.2. The van der Waals surface area contributed by atoms with E-state index < -0.39 is 0 Å². The topological polar surface area (TPSA) is 51.8 Å². The molecule has 0 unspecified atom stereocenters. The van der Waals surface area contributed by atoms with Gasteiger partial charge in [0, 0.05) is 33.0 Å². The lowest BCUT2D eigenvalue weighted by Crippen LogP contribution is -2.01. The van der Waals surface area contributed by atoms with E-state index in [0.29, 0.717) is 17.5 Å². The predicted octanol–water partition coefficient (Wildman–Crippen LogP) is 8.44. The summed E-state index contributed by atoms with van der Waals surface area (Å²) >= 11 is 0. The van der Waals surface area contributed by atoms with Crippen LogP contribution >= 0.6 is 0 Å². The first-order valence-corrected chi connectivity index (χ1v) is 12.2. The monoisotopic (exact) mass is 475 g/mol. The van der Waals surface area contributed by atoms with Crippen molar-refractivity contribution in [3.05, 3.63) is 127 Å². The van der Waals surface area contributed by atoms with Gasteiger partial charge in [-0.1, -0.05) is 121 Å². The standard InChI is InChI=1S/C33H21N3O/c1-3-12-22(13-4-1)31-34-32(23-14-5-2-6-15-23)36-33(35-31)28-18-8-7-16-24(28)26-19-11-20-27-25-17-9-10-21-29(25)37-30(26)27/h1-21H. The van der Waals surface area contributed by atoms with Crippen molar-refractivity contribution in [3.8, 4) is 45.3 Å². The Balaban J connectivity index is 1.48. The van der Waals surface area contributed by atoms with Crippen molar-refractivity contribution in [1.82, 2.24) is 15.0 Å². The molecule has 0 radical (unpaired) electrons. The maximum atomic E-state index is 6.36. The number of benzene rings is 5. The highest BCUT2D eigenvalue weighted by atomic mass is 16.3. The molecule has 2 aromatic heterocycles. The second kappa shape index (κ2) is 8.85. The third-order valence-corrected chi connectivity index (χ3v) is 6.56. The van der Waals surface area contributed by atoms with Gasteiger partial charge in [0.1, 0.15) is 11.2 Å². The summed E-state index contributed by atoms with van der Waals surface area (Å²) < 4.78 is 6.36. The van der Waals surface area contributed by atoms with Crippen LogP contribution in [0.15, 0.2) is 132 Å². The molecule has 7 aromatic rings. The van der Waals surface area contributed by atoms with Crippen LogP contribution in [0.25, 0.3) is 67.2 Å². The molecule has 2 heterocycles. The fourth-order valence-electron chi connectivity index (χ4n) is 4.80. The van der Waals surface area contributed by atoms with Crippen molar-refractivity contribution in [2.45, 2.75) is 0 Å². The molecule has 0 spiro atoms. The second-order valence-electron chi connectivity index (χ2n) is 8.86. The molecule has 0 N–H and O–H groups in total. The second-order valence-corrected chi connectivity index (χ2v) is 8.86. The molecular formula is C33H21N3O. The highest BCUT2D eigenvalue weighted by Crippen LogP contribution is 2.39. The third-order valence-electron chi connectivity index (χ3n) is 6.56. The zero-order valence-electron chi connectivity index (χ0n) is 19.9. The summed E-state index contributed by atoms with van der Waals surface area (Å²) in [5.74, 6) is 1.90. The minimum Gasteiger partial charge on any atom is -0.455 e. The van der Waals surface area contributed by atoms with Crippen molar-refractivity contribution in [3.63, 3.8) is 0 Å². The van der Waals surface area contributed by atoms with E-state index >= 15 is 0 Å². The molecular weight excluding hydrogens is 454 g/mol. The summed E-state index contributed by atoms with van der Waals surface area (Å²) in [6, 6.07) is 42.7. The van der Waals surface area contributed by atoms with E-state index in [1.54, 1.807) is 0 Å². The van der Waals surface area contributed by atoms with Gasteiger partial charge in [0.05, 0.1) is 0 Å². The van der Waals surface area contributed by atoms with Crippen molar-refractivity contribution < 1.29 is 4.42 Å². The van der Waals surface area contributed by atoms with E-state index in [0.717, 1.165) is 49.8 Å². The minimum absolute atomic E-state index is 0.622. The molecule has 7 rings (SSSR count). The van der Waals surface area contributed by atoms with Gasteiger partial charge in [-0.15, -0.1) is 0 Å². The average Bonchev–Trinajstić information content (AvgIpc) is 3.37. The average molecular weight is 476 g/mol. The van der Waals surface area contributed by atoms with Crippen LogP contribution in [0.5, 0.6) is 0 Å². The first-order chi connectivity index (χ1) is 18.3. The Kier molecular flexibility index (Phi) is 5.07. The summed E-state index contributed by atoms with van der Waals surface area (Å²) in [5, 5.41) is 2.20. The minimum atomic E-state index is 0.622. The summed E-state index contributed by atoms with van der Waals surface area (Å²) in [5.41, 5.74) is 6.56. The van der Waals surface area contributed by atoms with Crippen LogP contribution in [0.3, 0.4) is 0 Å². The number of furan rings is 1. The molecule has 0 fully saturated rings. The Hall–Kier alpha value is -5.09. The highest BCUT2D eigenvalue weighted by Gasteiger charge is 2.18. The first kappa shape index (κ1) is 21.2. The van der Waals surface area contributed by atoms with Gasteiger partial charge in [0.25, 0.3) is 0 Å². The molecule has 0 saturated carbocycles. The van der Waals surface area contributed by atoms with Gasteiger partial charge in [-0.05, 0) is 11.6 Å². The quantitative estimate of drug-likeness (QED) is 0.256. The lowest BCUT2D eigenvalue weighted by molar-refractivity contribution is 0.670. The number of rotatable bonds is 4. The van der Waals surface area contributed by atoms with E-state index in [9.17, 15) is 0 Å². The van der Waals surface area contributed by atoms with E-state index in [2.05, 4.69) is 36.4 Å². The van der Waals surface area contributed by atoms with Gasteiger partial charge in [-0.3, -0.25) is 0 Å². The van der Waals surface area contributed by atoms with Gasteiger partial charge < -0.3 is 4.42 Å². The van der Waals surface area contributed by atoms with E-state index in [-0.39, 0.29) is 0 Å². The Morgan fingerprint density at radius 2 is 0.892 bits per heavy atom. The molecule has 174 valence electrons. The largest absolute Gasteiger partial charge is 0.455 e. The molecule has 37 heavy (non-hydrogen) atoms. The van der Waals surface area contributed by atoms with E-state index in [1.807, 2.05) is 91.0 Å². The van der Waals surface area contributed by atoms with Crippen molar-refractivity contribution in [2.75, 3.05) is 0 Å². The SMILES string of the molecule is c1ccc(-c2nc(-c3ccccc3)nc(-c3ccccc3-c3cccc4c3oc3ccccc34)n2)cc1. The molecule has 4 nitrogen and oxygen atoms in total. The van der Waals surface area contributed by atoms with Crippen molar-refractivity contribution in [1.29, 1.82) is 0 Å². The Bertz CT molecular complexity index is 1820. The Morgan fingerprint density at radius 1 is 0.378 bits per heavy atom. The number of hydrogen-bond donors (Lipinski definition) is 0. The number of aromatic nitrogens is 3. The summed E-state index contributed by atoms with van der Waals surface area (Å²) in [4.78, 5) is 14.8. The smallest absolute Gasteiger partial charge is 0.164 e. The van der Waals surface area contributed by atoms with Crippen LogP contribution in [-0.2, 0) is 0 Å². The maximum absolute atomic E-state index is 6.36. The fraction of sp³-hybridized carbons (Fsp3) is 0. The molecule has 0 saturated heterocycles. The maximum Gasteiger partial charge on any atom is 0.164 e. The Labute approximate surface area is 213 Å². The number of nitrogens with zero attached hydrogens (tertiary/aromatic N) is 3. The van der Waals surface area contributed by atoms with Crippen molar-refractivity contribution in [2.24, 2.45) is 0 Å². The number of hydrogen-bond acceptors (Lipinski definition) is 4. The van der Waals surface area contributed by atoms with Crippen LogP contribution in [0.1, 0.15) is 0 Å². The van der Waals surface area contributed by atoms with Gasteiger partial charge in [-0.2, -0.15) is 0 Å². The number of para-hydroxylation sites is 2. The zero-order chi connectivity index (χ0) is 24.6. The lowest BCUT2D eigenvalue weighted by Gasteiger charge is -2.12. The molecule has 0 bridgehead atoms. The molecule has 5 aromatic carbocycles. The highest BCUT2D eigenvalue weighted by molar-refractivity contribution is 6.10. The van der Waals surface area contributed by atoms with Crippen LogP contribution in [0.2, 0.25) is 0 Å². The van der Waals surface area contributed by atoms with E-state index in [1.165, 1.54) is 0 Å². The Morgan fingerprint density at radius 3 is 1.59 bits per heavy atom. The molecule has 0 aliphatic carbocycles. The third kappa shape index (κ3) is 3.76. The van der Waals surface area contributed by atoms with Gasteiger partial charge >= 0.3 is 0 Å². The predicted molar refractivity (Wildman–Crippen MR) is 149 cm³/mol. The van der Waals surface area contributed by atoms with Crippen LogP contribution in [-0.4, -0.2) is 15.0 Å². The van der Waals surface area contributed by atoms with Crippen LogP contribution in [0.4, 0.5) is 0 Å². The fourth-order valence-corrected chi connectivity index (χ4v) is 4.80. The van der Waals surface area contributed by atoms with Gasteiger partial charge in [0.15, 0.2) is 17.5 Å². The molecule has 0 aliphatic heterocycles. The molecule has 0 aliphatic rings. The molecule has 0 amide bonds. The van der Waals surface area contributed by atoms with E-state index in [4.69, 9.17) is 19.4 Å². The molecule has 0 atom stereocenters. The summed E-state index contributed by atoms with van der Waals surface area (Å²) in [7, 11) is 0. The van der Waals surface area contributed by atoms with Crippen molar-refractivity contribution >= 4 is 21.9 Å². The van der Waals surface area contributed by atoms with Gasteiger partial charge in [0.2, 0.25) is 0 Å². The van der Waals surface area contributed by atoms with Crippen LogP contribution in [0, 0.1) is 0 Å². The summed E-state index contributed by atoms with van der Waals surface area (Å²) in [6.45, 7) is 0. The summed E-state index contributed by atoms with van der Waals surface area (Å²) in [6.07, 6.45) is 0.